The molecule has 1 aromatic heterocycles. The van der Waals surface area contributed by atoms with Crippen LogP contribution in [-0.2, 0) is 4.79 Å². The molecule has 0 aliphatic rings. The van der Waals surface area contributed by atoms with Crippen LogP contribution in [0.3, 0.4) is 0 Å². The molecule has 2 aromatic carbocycles. The zero-order valence-corrected chi connectivity index (χ0v) is 16.1. The van der Waals surface area contributed by atoms with Gasteiger partial charge < -0.3 is 16.0 Å². The number of halogens is 2. The first-order chi connectivity index (χ1) is 12.1. The van der Waals surface area contributed by atoms with Crippen LogP contribution in [0.4, 0.5) is 0 Å². The summed E-state index contributed by atoms with van der Waals surface area (Å²) in [5.41, 5.74) is 8.89. The third kappa shape index (κ3) is 4.58. The van der Waals surface area contributed by atoms with Gasteiger partial charge in [0.2, 0.25) is 5.91 Å². The molecule has 0 aliphatic heterocycles. The Morgan fingerprint density at radius 3 is 2.58 bits per heavy atom. The van der Waals surface area contributed by atoms with Gasteiger partial charge in [-0.15, -0.1) is 12.4 Å². The average Bonchev–Trinajstić information content (AvgIpc) is 3.00. The van der Waals surface area contributed by atoms with Crippen molar-refractivity contribution in [3.63, 3.8) is 0 Å². The Bertz CT molecular complexity index is 876. The normalized spacial score (nSPS) is 13.0. The molecule has 2 atom stereocenters. The van der Waals surface area contributed by atoms with Crippen molar-refractivity contribution in [1.82, 2.24) is 10.3 Å². The van der Waals surface area contributed by atoms with E-state index in [1.165, 1.54) is 0 Å². The van der Waals surface area contributed by atoms with Gasteiger partial charge in [0.25, 0.3) is 0 Å². The van der Waals surface area contributed by atoms with Gasteiger partial charge in [0.05, 0.1) is 0 Å². The highest BCUT2D eigenvalue weighted by Crippen LogP contribution is 2.34. The number of fused-ring (bicyclic) bond motifs is 1. The van der Waals surface area contributed by atoms with E-state index in [0.29, 0.717) is 18.0 Å². The summed E-state index contributed by atoms with van der Waals surface area (Å²) in [4.78, 5) is 15.4. The Hall–Kier alpha value is -2.01. The number of hydrogen-bond donors (Lipinski definition) is 3. The second kappa shape index (κ2) is 9.08. The van der Waals surface area contributed by atoms with Gasteiger partial charge in [0.1, 0.15) is 0 Å². The summed E-state index contributed by atoms with van der Waals surface area (Å²) in [6, 6.07) is 15.7. The lowest BCUT2D eigenvalue weighted by atomic mass is 9.90. The van der Waals surface area contributed by atoms with Crippen molar-refractivity contribution >= 4 is 40.8 Å². The van der Waals surface area contributed by atoms with E-state index in [4.69, 9.17) is 17.3 Å². The van der Waals surface area contributed by atoms with E-state index in [1.54, 1.807) is 0 Å². The SMILES string of the molecule is CC(N)CC(=O)NCC(c1ccccc1Cl)c1c[nH]c2ccccc12.Cl. The fraction of sp³-hybridized carbons (Fsp3) is 0.250. The molecule has 3 aromatic rings. The average molecular weight is 392 g/mol. The number of hydrogen-bond acceptors (Lipinski definition) is 2. The van der Waals surface area contributed by atoms with Crippen LogP contribution >= 0.6 is 24.0 Å². The van der Waals surface area contributed by atoms with Gasteiger partial charge in [-0.05, 0) is 30.2 Å². The number of carbonyl (C=O) groups excluding carboxylic acids is 1. The van der Waals surface area contributed by atoms with Crippen LogP contribution < -0.4 is 11.1 Å². The van der Waals surface area contributed by atoms with Crippen molar-refractivity contribution in [3.05, 3.63) is 70.9 Å². The maximum absolute atomic E-state index is 12.1. The molecule has 0 spiro atoms. The van der Waals surface area contributed by atoms with Gasteiger partial charge in [0.15, 0.2) is 0 Å². The second-order valence-electron chi connectivity index (χ2n) is 6.35. The number of carbonyl (C=O) groups is 1. The zero-order chi connectivity index (χ0) is 17.8. The molecule has 0 saturated heterocycles. The summed E-state index contributed by atoms with van der Waals surface area (Å²) in [6.07, 6.45) is 2.31. The molecule has 4 N–H and O–H groups in total. The molecule has 6 heteroatoms. The third-order valence-electron chi connectivity index (χ3n) is 4.29. The van der Waals surface area contributed by atoms with E-state index in [1.807, 2.05) is 55.6 Å². The summed E-state index contributed by atoms with van der Waals surface area (Å²) >= 11 is 6.44. The molecule has 0 saturated carbocycles. The Kier molecular flexibility index (Phi) is 7.09. The molecular weight excluding hydrogens is 369 g/mol. The molecule has 1 heterocycles. The first-order valence-electron chi connectivity index (χ1n) is 8.39. The third-order valence-corrected chi connectivity index (χ3v) is 4.63. The van der Waals surface area contributed by atoms with Crippen molar-refractivity contribution < 1.29 is 4.79 Å². The van der Waals surface area contributed by atoms with Crippen LogP contribution in [0.15, 0.2) is 54.7 Å². The minimum absolute atomic E-state index is 0. The topological polar surface area (TPSA) is 70.9 Å². The highest BCUT2D eigenvalue weighted by atomic mass is 35.5. The standard InChI is InChI=1S/C20H22ClN3O.ClH/c1-13(22)10-20(25)24-12-16(14-6-2-4-8-18(14)21)17-11-23-19-9-5-3-7-15(17)19;/h2-9,11,13,16,23H,10,12,22H2,1H3,(H,24,25);1H. The van der Waals surface area contributed by atoms with E-state index in [9.17, 15) is 4.79 Å². The van der Waals surface area contributed by atoms with Crippen molar-refractivity contribution in [1.29, 1.82) is 0 Å². The maximum Gasteiger partial charge on any atom is 0.221 e. The van der Waals surface area contributed by atoms with Crippen molar-refractivity contribution in [2.24, 2.45) is 5.73 Å². The molecule has 3 rings (SSSR count). The predicted molar refractivity (Wildman–Crippen MR) is 110 cm³/mol. The van der Waals surface area contributed by atoms with Crippen LogP contribution in [0.5, 0.6) is 0 Å². The van der Waals surface area contributed by atoms with Crippen LogP contribution in [-0.4, -0.2) is 23.5 Å². The summed E-state index contributed by atoms with van der Waals surface area (Å²) in [7, 11) is 0. The first-order valence-corrected chi connectivity index (χ1v) is 8.76. The Balaban J connectivity index is 0.00000243. The summed E-state index contributed by atoms with van der Waals surface area (Å²) < 4.78 is 0. The quantitative estimate of drug-likeness (QED) is 0.588. The molecule has 26 heavy (non-hydrogen) atoms. The number of benzene rings is 2. The van der Waals surface area contributed by atoms with E-state index in [0.717, 1.165) is 22.0 Å². The molecule has 2 unspecified atom stereocenters. The predicted octanol–water partition coefficient (Wildman–Crippen LogP) is 4.23. The largest absolute Gasteiger partial charge is 0.361 e. The lowest BCUT2D eigenvalue weighted by molar-refractivity contribution is -0.121. The minimum atomic E-state index is -0.160. The van der Waals surface area contributed by atoms with Gasteiger partial charge in [0, 0.05) is 47.0 Å². The van der Waals surface area contributed by atoms with Crippen molar-refractivity contribution in [2.45, 2.75) is 25.3 Å². The summed E-state index contributed by atoms with van der Waals surface area (Å²) in [5, 5.41) is 4.83. The number of H-pyrrole nitrogens is 1. The van der Waals surface area contributed by atoms with Gasteiger partial charge in [-0.25, -0.2) is 0 Å². The number of aromatic nitrogens is 1. The van der Waals surface area contributed by atoms with Crippen LogP contribution in [0.1, 0.15) is 30.4 Å². The zero-order valence-electron chi connectivity index (χ0n) is 14.5. The molecule has 138 valence electrons. The molecule has 0 aliphatic carbocycles. The number of para-hydroxylation sites is 1. The minimum Gasteiger partial charge on any atom is -0.361 e. The Morgan fingerprint density at radius 1 is 1.15 bits per heavy atom. The molecule has 0 radical (unpaired) electrons. The maximum atomic E-state index is 12.1. The van der Waals surface area contributed by atoms with Crippen molar-refractivity contribution in [3.8, 4) is 0 Å². The number of amides is 1. The molecular formula is C20H23Cl2N3O. The van der Waals surface area contributed by atoms with E-state index in [2.05, 4.69) is 16.4 Å². The Morgan fingerprint density at radius 2 is 1.85 bits per heavy atom. The van der Waals surface area contributed by atoms with Crippen LogP contribution in [0.2, 0.25) is 5.02 Å². The highest BCUT2D eigenvalue weighted by molar-refractivity contribution is 6.31. The number of nitrogens with one attached hydrogen (secondary N) is 2. The lowest BCUT2D eigenvalue weighted by Crippen LogP contribution is -2.33. The van der Waals surface area contributed by atoms with Crippen LogP contribution in [0.25, 0.3) is 10.9 Å². The number of rotatable bonds is 6. The molecule has 1 amide bonds. The van der Waals surface area contributed by atoms with Crippen LogP contribution in [0, 0.1) is 0 Å². The van der Waals surface area contributed by atoms with E-state index < -0.39 is 0 Å². The monoisotopic (exact) mass is 391 g/mol. The number of nitrogens with two attached hydrogens (primary N) is 1. The summed E-state index contributed by atoms with van der Waals surface area (Å²) in [5.74, 6) is -0.0891. The highest BCUT2D eigenvalue weighted by Gasteiger charge is 2.21. The Labute approximate surface area is 164 Å². The molecule has 0 bridgehead atoms. The van der Waals surface area contributed by atoms with E-state index >= 15 is 0 Å². The first kappa shape index (κ1) is 20.3. The lowest BCUT2D eigenvalue weighted by Gasteiger charge is -2.20. The second-order valence-corrected chi connectivity index (χ2v) is 6.76. The summed E-state index contributed by atoms with van der Waals surface area (Å²) in [6.45, 7) is 2.29. The van der Waals surface area contributed by atoms with Crippen molar-refractivity contribution in [2.75, 3.05) is 6.54 Å². The van der Waals surface area contributed by atoms with Gasteiger partial charge in [-0.3, -0.25) is 4.79 Å². The van der Waals surface area contributed by atoms with Gasteiger partial charge in [-0.1, -0.05) is 48.0 Å². The molecule has 0 fully saturated rings. The smallest absolute Gasteiger partial charge is 0.221 e. The molecule has 4 nitrogen and oxygen atoms in total. The van der Waals surface area contributed by atoms with Gasteiger partial charge >= 0.3 is 0 Å². The number of aromatic amines is 1. The fourth-order valence-electron chi connectivity index (χ4n) is 3.11. The van der Waals surface area contributed by atoms with Gasteiger partial charge in [-0.2, -0.15) is 0 Å². The van der Waals surface area contributed by atoms with E-state index in [-0.39, 0.29) is 30.3 Å². The fourth-order valence-corrected chi connectivity index (χ4v) is 3.38.